The molecule has 2 atom stereocenters. The summed E-state index contributed by atoms with van der Waals surface area (Å²) in [7, 11) is 0. The van der Waals surface area contributed by atoms with Crippen molar-refractivity contribution in [2.75, 3.05) is 13.2 Å². The Morgan fingerprint density at radius 1 is 0.409 bits per heavy atom. The number of hydrogen-bond donors (Lipinski definition) is 0. The number of carbonyl (C=O) groups excluding carboxylic acids is 3. The number of unbranched alkanes of at least 4 members (excludes halogenated alkanes) is 33. The van der Waals surface area contributed by atoms with Crippen molar-refractivity contribution < 1.29 is 33.3 Å². The summed E-state index contributed by atoms with van der Waals surface area (Å²) in [6.45, 7) is 7.00. The molecule has 7 heteroatoms. The average molecular weight is 927 g/mol. The third kappa shape index (κ3) is 38.5. The molecule has 0 aromatic rings. The van der Waals surface area contributed by atoms with E-state index in [0.29, 0.717) is 19.4 Å². The second-order valence-corrected chi connectivity index (χ2v) is 19.5. The molecule has 0 N–H and O–H groups in total. The van der Waals surface area contributed by atoms with Crippen LogP contribution in [0.4, 0.5) is 0 Å². The number of esters is 3. The summed E-state index contributed by atoms with van der Waals surface area (Å²) in [4.78, 5) is 39.2. The van der Waals surface area contributed by atoms with Crippen LogP contribution in [0.25, 0.3) is 0 Å². The highest BCUT2D eigenvalue weighted by molar-refractivity contribution is 5.71. The van der Waals surface area contributed by atoms with Crippen LogP contribution in [-0.2, 0) is 33.3 Å². The summed E-state index contributed by atoms with van der Waals surface area (Å²) in [5.41, 5.74) is 0. The topological polar surface area (TPSA) is 88.1 Å². The highest BCUT2D eigenvalue weighted by atomic mass is 16.8. The molecule has 1 fully saturated rings. The Balaban J connectivity index is 2.46. The van der Waals surface area contributed by atoms with E-state index in [1.54, 1.807) is 0 Å². The first-order valence-electron chi connectivity index (χ1n) is 28.6. The number of hydrogen-bond acceptors (Lipinski definition) is 7. The van der Waals surface area contributed by atoms with Crippen LogP contribution in [0.5, 0.6) is 0 Å². The molecule has 1 aliphatic rings. The number of ether oxygens (including phenoxy) is 4. The van der Waals surface area contributed by atoms with E-state index in [2.05, 4.69) is 57.2 Å². The van der Waals surface area contributed by atoms with Gasteiger partial charge < -0.3 is 18.9 Å². The van der Waals surface area contributed by atoms with Crippen molar-refractivity contribution in [1.82, 2.24) is 0 Å². The molecule has 2 unspecified atom stereocenters. The maximum Gasteiger partial charge on any atom is 0.308 e. The summed E-state index contributed by atoms with van der Waals surface area (Å²) < 4.78 is 23.5. The lowest BCUT2D eigenvalue weighted by Crippen LogP contribution is -2.59. The van der Waals surface area contributed by atoms with Crippen LogP contribution in [0.2, 0.25) is 0 Å². The first-order valence-corrected chi connectivity index (χ1v) is 28.6. The molecule has 384 valence electrons. The Labute approximate surface area is 408 Å². The van der Waals surface area contributed by atoms with Crippen LogP contribution >= 0.6 is 0 Å². The zero-order chi connectivity index (χ0) is 47.7. The van der Waals surface area contributed by atoms with Gasteiger partial charge in [-0.25, -0.2) is 0 Å². The zero-order valence-electron chi connectivity index (χ0n) is 43.7. The Bertz CT molecular complexity index is 1190. The molecule has 0 amide bonds. The lowest BCUT2D eigenvalue weighted by molar-refractivity contribution is -0.335. The molecule has 66 heavy (non-hydrogen) atoms. The van der Waals surface area contributed by atoms with Gasteiger partial charge in [0.15, 0.2) is 0 Å². The van der Waals surface area contributed by atoms with Crippen LogP contribution in [0.15, 0.2) is 36.5 Å². The van der Waals surface area contributed by atoms with Gasteiger partial charge in [-0.05, 0) is 96.3 Å². The Morgan fingerprint density at radius 3 is 1.02 bits per heavy atom. The van der Waals surface area contributed by atoms with Crippen LogP contribution < -0.4 is 0 Å². The fourth-order valence-electron chi connectivity index (χ4n) is 8.68. The molecule has 0 saturated carbocycles. The van der Waals surface area contributed by atoms with Crippen molar-refractivity contribution in [1.29, 1.82) is 0 Å². The molecule has 0 radical (unpaired) electrons. The van der Waals surface area contributed by atoms with E-state index in [-0.39, 0.29) is 37.4 Å². The smallest absolute Gasteiger partial charge is 0.308 e. The molecule has 7 nitrogen and oxygen atoms in total. The minimum atomic E-state index is -1.40. The fraction of sp³-hybridized carbons (Fsp3) is 0.847. The van der Waals surface area contributed by atoms with E-state index in [0.717, 1.165) is 96.3 Å². The van der Waals surface area contributed by atoms with E-state index in [1.807, 2.05) is 0 Å². The second-order valence-electron chi connectivity index (χ2n) is 19.5. The summed E-state index contributed by atoms with van der Waals surface area (Å²) >= 11 is 0. The molecule has 0 aromatic heterocycles. The first kappa shape index (κ1) is 61.6. The molecule has 1 saturated heterocycles. The summed E-state index contributed by atoms with van der Waals surface area (Å²) in [6.07, 6.45) is 60.8. The molecular formula is C59H106O7. The van der Waals surface area contributed by atoms with E-state index < -0.39 is 11.9 Å². The Hall–Kier alpha value is -2.41. The summed E-state index contributed by atoms with van der Waals surface area (Å²) in [5, 5.41) is 0. The predicted molar refractivity (Wildman–Crippen MR) is 279 cm³/mol. The van der Waals surface area contributed by atoms with E-state index >= 15 is 0 Å². The molecule has 0 spiro atoms. The van der Waals surface area contributed by atoms with Gasteiger partial charge in [-0.3, -0.25) is 14.4 Å². The van der Waals surface area contributed by atoms with E-state index in [9.17, 15) is 14.4 Å². The minimum absolute atomic E-state index is 0.178. The Morgan fingerprint density at radius 2 is 0.697 bits per heavy atom. The minimum Gasteiger partial charge on any atom is -0.461 e. The van der Waals surface area contributed by atoms with Gasteiger partial charge in [0.1, 0.15) is 6.61 Å². The van der Waals surface area contributed by atoms with Crippen LogP contribution in [-0.4, -0.2) is 43.0 Å². The van der Waals surface area contributed by atoms with Crippen molar-refractivity contribution in [2.24, 2.45) is 0 Å². The predicted octanol–water partition coefficient (Wildman–Crippen LogP) is 18.2. The number of rotatable bonds is 50. The van der Waals surface area contributed by atoms with Crippen molar-refractivity contribution in [3.63, 3.8) is 0 Å². The molecule has 0 aromatic carbocycles. The fourth-order valence-corrected chi connectivity index (χ4v) is 8.68. The molecule has 0 aliphatic carbocycles. The molecular weight excluding hydrogens is 821 g/mol. The largest absolute Gasteiger partial charge is 0.461 e. The lowest BCUT2D eigenvalue weighted by atomic mass is 10.0. The highest BCUT2D eigenvalue weighted by Crippen LogP contribution is 2.35. The first-order chi connectivity index (χ1) is 32.5. The summed E-state index contributed by atoms with van der Waals surface area (Å²) in [6, 6.07) is 0. The number of carbonyl (C=O) groups is 3. The van der Waals surface area contributed by atoms with Gasteiger partial charge in [-0.1, -0.05) is 211 Å². The maximum absolute atomic E-state index is 13.2. The number of allylic oxidation sites excluding steroid dienone is 6. The maximum atomic E-state index is 13.2. The molecule has 1 rings (SSSR count). The van der Waals surface area contributed by atoms with Crippen LogP contribution in [0.1, 0.15) is 297 Å². The van der Waals surface area contributed by atoms with Crippen molar-refractivity contribution in [2.45, 2.75) is 309 Å². The zero-order valence-corrected chi connectivity index (χ0v) is 43.7. The van der Waals surface area contributed by atoms with E-state index in [4.69, 9.17) is 18.9 Å². The van der Waals surface area contributed by atoms with Gasteiger partial charge in [-0.2, -0.15) is 0 Å². The molecule has 1 aliphatic heterocycles. The Kier molecular flexibility index (Phi) is 44.5. The van der Waals surface area contributed by atoms with Crippen LogP contribution in [0, 0.1) is 0 Å². The van der Waals surface area contributed by atoms with Gasteiger partial charge in [0.25, 0.3) is 5.79 Å². The lowest BCUT2D eigenvalue weighted by Gasteiger charge is -2.44. The SMILES string of the molecule is CCCCCCCC/C=C\CCCCCCCC(=O)OCC(OC(=O)CCCCCCC/C=C\CCCCCCCC)C1(OC(=O)CCCCCCC/C=C\CCCCCCCC)CCO1. The standard InChI is InChI=1S/C59H106O7/c1-4-7-10-13-16-19-22-25-28-31-34-37-40-43-46-49-56(60)63-54-55(65-57(61)50-47-44-41-38-35-32-29-26-23-20-17-14-11-8-5-2)59(52-53-64-59)66-58(62)51-48-45-42-39-36-33-30-27-24-21-18-15-12-9-6-3/h25-30,55H,4-24,31-54H2,1-3H3/b28-25-,29-26-,30-27-. The van der Waals surface area contributed by atoms with E-state index in [1.165, 1.54) is 154 Å². The average Bonchev–Trinajstić information content (AvgIpc) is 3.30. The van der Waals surface area contributed by atoms with Gasteiger partial charge in [-0.15, -0.1) is 0 Å². The quantitative estimate of drug-likeness (QED) is 0.0260. The van der Waals surface area contributed by atoms with Crippen molar-refractivity contribution in [3.8, 4) is 0 Å². The normalized spacial score (nSPS) is 15.5. The van der Waals surface area contributed by atoms with Gasteiger partial charge in [0, 0.05) is 25.7 Å². The summed E-state index contributed by atoms with van der Waals surface area (Å²) in [5.74, 6) is -2.44. The van der Waals surface area contributed by atoms with Gasteiger partial charge >= 0.3 is 17.9 Å². The highest BCUT2D eigenvalue weighted by Gasteiger charge is 2.52. The monoisotopic (exact) mass is 927 g/mol. The van der Waals surface area contributed by atoms with Crippen LogP contribution in [0.3, 0.4) is 0 Å². The van der Waals surface area contributed by atoms with Crippen molar-refractivity contribution in [3.05, 3.63) is 36.5 Å². The third-order valence-electron chi connectivity index (χ3n) is 13.2. The van der Waals surface area contributed by atoms with Crippen molar-refractivity contribution >= 4 is 17.9 Å². The second kappa shape index (κ2) is 47.6. The van der Waals surface area contributed by atoms with Gasteiger partial charge in [0.05, 0.1) is 6.61 Å². The third-order valence-corrected chi connectivity index (χ3v) is 13.2. The molecule has 0 bridgehead atoms. The van der Waals surface area contributed by atoms with Gasteiger partial charge in [0.2, 0.25) is 6.10 Å². The molecule has 1 heterocycles.